The van der Waals surface area contributed by atoms with Gasteiger partial charge in [-0.3, -0.25) is 9.69 Å². The number of halogens is 1. The third kappa shape index (κ3) is 3.35. The Kier molecular flexibility index (Phi) is 4.73. The Labute approximate surface area is 124 Å². The van der Waals surface area contributed by atoms with Crippen molar-refractivity contribution < 1.29 is 4.79 Å². The minimum absolute atomic E-state index is 0.337. The second-order valence-electron chi connectivity index (χ2n) is 5.26. The quantitative estimate of drug-likeness (QED) is 0.725. The molecule has 20 heavy (non-hydrogen) atoms. The van der Waals surface area contributed by atoms with Crippen LogP contribution in [0.2, 0.25) is 5.02 Å². The van der Waals surface area contributed by atoms with Gasteiger partial charge in [0.05, 0.1) is 16.3 Å². The third-order valence-corrected chi connectivity index (χ3v) is 4.01. The van der Waals surface area contributed by atoms with E-state index in [0.717, 1.165) is 13.1 Å². The maximum absolute atomic E-state index is 11.5. The number of nitrogen functional groups attached to an aromatic ring is 1. The second-order valence-corrected chi connectivity index (χ2v) is 5.67. The Balaban J connectivity index is 2.10. The molecule has 1 aliphatic heterocycles. The van der Waals surface area contributed by atoms with E-state index in [1.54, 1.807) is 12.1 Å². The van der Waals surface area contributed by atoms with Crippen molar-refractivity contribution in [1.82, 2.24) is 4.90 Å². The lowest BCUT2D eigenvalue weighted by Crippen LogP contribution is -2.36. The predicted octanol–water partition coefficient (Wildman–Crippen LogP) is 1.92. The highest BCUT2D eigenvalue weighted by Crippen LogP contribution is 2.29. The summed E-state index contributed by atoms with van der Waals surface area (Å²) in [5.74, 6) is -0.532. The standard InChI is InChI=1S/C14H21ClN4O/c1-9(19-4-2-3-5-19)8-18-13-11(14(17)20)6-10(16)7-12(13)15/h6-7,9,18H,2-5,8,16H2,1H3,(H2,17,20). The molecule has 0 radical (unpaired) electrons. The number of nitrogens with zero attached hydrogens (tertiary/aromatic N) is 1. The highest BCUT2D eigenvalue weighted by molar-refractivity contribution is 6.34. The zero-order valence-electron chi connectivity index (χ0n) is 11.7. The van der Waals surface area contributed by atoms with E-state index in [1.165, 1.54) is 12.8 Å². The van der Waals surface area contributed by atoms with Crippen molar-refractivity contribution in [1.29, 1.82) is 0 Å². The van der Waals surface area contributed by atoms with Gasteiger partial charge >= 0.3 is 0 Å². The van der Waals surface area contributed by atoms with Crippen molar-refractivity contribution in [2.45, 2.75) is 25.8 Å². The van der Waals surface area contributed by atoms with Crippen LogP contribution in [0.5, 0.6) is 0 Å². The van der Waals surface area contributed by atoms with Gasteiger partial charge in [-0.05, 0) is 45.0 Å². The molecule has 1 aromatic rings. The predicted molar refractivity (Wildman–Crippen MR) is 83.1 cm³/mol. The first-order chi connectivity index (χ1) is 9.49. The lowest BCUT2D eigenvalue weighted by atomic mass is 10.1. The molecule has 2 rings (SSSR count). The van der Waals surface area contributed by atoms with Crippen molar-refractivity contribution >= 4 is 28.9 Å². The van der Waals surface area contributed by atoms with Crippen LogP contribution < -0.4 is 16.8 Å². The smallest absolute Gasteiger partial charge is 0.250 e. The maximum Gasteiger partial charge on any atom is 0.250 e. The fourth-order valence-corrected chi connectivity index (χ4v) is 2.86. The van der Waals surface area contributed by atoms with E-state index in [-0.39, 0.29) is 0 Å². The van der Waals surface area contributed by atoms with E-state index in [2.05, 4.69) is 17.1 Å². The summed E-state index contributed by atoms with van der Waals surface area (Å²) in [6.07, 6.45) is 2.50. The van der Waals surface area contributed by atoms with Crippen LogP contribution in [-0.2, 0) is 0 Å². The average molecular weight is 297 g/mol. The van der Waals surface area contributed by atoms with Crippen molar-refractivity contribution in [3.8, 4) is 0 Å². The van der Waals surface area contributed by atoms with Crippen LogP contribution in [0.25, 0.3) is 0 Å². The van der Waals surface area contributed by atoms with Gasteiger partial charge in [0.2, 0.25) is 0 Å². The number of hydrogen-bond donors (Lipinski definition) is 3. The van der Waals surface area contributed by atoms with Crippen LogP contribution in [0.3, 0.4) is 0 Å². The Morgan fingerprint density at radius 3 is 2.70 bits per heavy atom. The van der Waals surface area contributed by atoms with E-state index >= 15 is 0 Å². The number of amides is 1. The van der Waals surface area contributed by atoms with Gasteiger partial charge in [0.25, 0.3) is 5.91 Å². The number of carbonyl (C=O) groups excluding carboxylic acids is 1. The van der Waals surface area contributed by atoms with Crippen LogP contribution in [0, 0.1) is 0 Å². The van der Waals surface area contributed by atoms with Gasteiger partial charge in [0, 0.05) is 18.3 Å². The SMILES string of the molecule is CC(CNc1c(Cl)cc(N)cc1C(N)=O)N1CCCC1. The number of anilines is 2. The molecule has 5 N–H and O–H groups in total. The molecule has 110 valence electrons. The van der Waals surface area contributed by atoms with Gasteiger partial charge in [-0.15, -0.1) is 0 Å². The Hall–Kier alpha value is -1.46. The first-order valence-corrected chi connectivity index (χ1v) is 7.23. The lowest BCUT2D eigenvalue weighted by molar-refractivity contribution is 0.100. The number of primary amides is 1. The Morgan fingerprint density at radius 2 is 2.10 bits per heavy atom. The van der Waals surface area contributed by atoms with Crippen LogP contribution in [0.15, 0.2) is 12.1 Å². The topological polar surface area (TPSA) is 84.4 Å². The fraction of sp³-hybridized carbons (Fsp3) is 0.500. The van der Waals surface area contributed by atoms with Gasteiger partial charge in [-0.2, -0.15) is 0 Å². The first kappa shape index (κ1) is 14.9. The van der Waals surface area contributed by atoms with Gasteiger partial charge in [-0.1, -0.05) is 11.6 Å². The second kappa shape index (κ2) is 6.33. The van der Waals surface area contributed by atoms with E-state index in [9.17, 15) is 4.79 Å². The van der Waals surface area contributed by atoms with Crippen LogP contribution in [0.4, 0.5) is 11.4 Å². The maximum atomic E-state index is 11.5. The summed E-state index contributed by atoms with van der Waals surface area (Å²) >= 11 is 6.16. The number of hydrogen-bond acceptors (Lipinski definition) is 4. The number of nitrogens with two attached hydrogens (primary N) is 2. The summed E-state index contributed by atoms with van der Waals surface area (Å²) in [5.41, 5.74) is 12.4. The van der Waals surface area contributed by atoms with Crippen molar-refractivity contribution in [3.63, 3.8) is 0 Å². The Morgan fingerprint density at radius 1 is 1.45 bits per heavy atom. The first-order valence-electron chi connectivity index (χ1n) is 6.85. The van der Waals surface area contributed by atoms with Gasteiger partial charge < -0.3 is 16.8 Å². The van der Waals surface area contributed by atoms with Crippen LogP contribution >= 0.6 is 11.6 Å². The van der Waals surface area contributed by atoms with Gasteiger partial charge in [0.1, 0.15) is 0 Å². The number of benzene rings is 1. The van der Waals surface area contributed by atoms with E-state index in [1.807, 2.05) is 0 Å². The molecule has 1 unspecified atom stereocenters. The largest absolute Gasteiger partial charge is 0.399 e. The summed E-state index contributed by atoms with van der Waals surface area (Å²) in [6, 6.07) is 3.56. The van der Waals surface area contributed by atoms with Crippen molar-refractivity contribution in [2.24, 2.45) is 5.73 Å². The van der Waals surface area contributed by atoms with E-state index in [4.69, 9.17) is 23.1 Å². The molecule has 0 saturated carbocycles. The summed E-state index contributed by atoms with van der Waals surface area (Å²) in [6.45, 7) is 5.12. The van der Waals surface area contributed by atoms with Crippen LogP contribution in [-0.4, -0.2) is 36.5 Å². The Bertz CT molecular complexity index is 500. The molecule has 1 aromatic carbocycles. The third-order valence-electron chi connectivity index (χ3n) is 3.72. The molecule has 0 aliphatic carbocycles. The highest BCUT2D eigenvalue weighted by Gasteiger charge is 2.19. The molecular formula is C14H21ClN4O. The summed E-state index contributed by atoms with van der Waals surface area (Å²) in [4.78, 5) is 13.9. The molecule has 1 saturated heterocycles. The monoisotopic (exact) mass is 296 g/mol. The number of nitrogens with one attached hydrogen (secondary N) is 1. The summed E-state index contributed by atoms with van der Waals surface area (Å²) in [7, 11) is 0. The van der Waals surface area contributed by atoms with Crippen molar-refractivity contribution in [2.75, 3.05) is 30.7 Å². The summed E-state index contributed by atoms with van der Waals surface area (Å²) in [5, 5.41) is 3.66. The molecule has 1 amide bonds. The van der Waals surface area contributed by atoms with Gasteiger partial charge in [0.15, 0.2) is 0 Å². The zero-order chi connectivity index (χ0) is 14.7. The molecule has 0 aromatic heterocycles. The molecule has 1 heterocycles. The average Bonchev–Trinajstić information content (AvgIpc) is 2.90. The molecular weight excluding hydrogens is 276 g/mol. The normalized spacial score (nSPS) is 17.1. The highest BCUT2D eigenvalue weighted by atomic mass is 35.5. The molecule has 6 heteroatoms. The number of carbonyl (C=O) groups is 1. The summed E-state index contributed by atoms with van der Waals surface area (Å²) < 4.78 is 0. The molecule has 1 fully saturated rings. The zero-order valence-corrected chi connectivity index (χ0v) is 12.4. The molecule has 1 atom stereocenters. The van der Waals surface area contributed by atoms with Gasteiger partial charge in [-0.25, -0.2) is 0 Å². The molecule has 5 nitrogen and oxygen atoms in total. The molecule has 1 aliphatic rings. The van der Waals surface area contributed by atoms with E-state index < -0.39 is 5.91 Å². The molecule has 0 spiro atoms. The minimum atomic E-state index is -0.532. The minimum Gasteiger partial charge on any atom is -0.399 e. The van der Waals surface area contributed by atoms with E-state index in [0.29, 0.717) is 34.5 Å². The number of rotatable bonds is 5. The lowest BCUT2D eigenvalue weighted by Gasteiger charge is -2.25. The van der Waals surface area contributed by atoms with Crippen molar-refractivity contribution in [3.05, 3.63) is 22.7 Å². The molecule has 0 bridgehead atoms. The fourth-order valence-electron chi connectivity index (χ4n) is 2.56. The van der Waals surface area contributed by atoms with Crippen LogP contribution in [0.1, 0.15) is 30.1 Å². The number of likely N-dealkylation sites (tertiary alicyclic amines) is 1.